The van der Waals surface area contributed by atoms with Gasteiger partial charge in [0.15, 0.2) is 0 Å². The van der Waals surface area contributed by atoms with Crippen LogP contribution in [-0.2, 0) is 4.79 Å². The topological polar surface area (TPSA) is 17.1 Å². The monoisotopic (exact) mass is 226 g/mol. The summed E-state index contributed by atoms with van der Waals surface area (Å²) in [6.45, 7) is 4.64. The molecule has 0 fully saturated rings. The molecular weight excluding hydrogens is 196 g/mol. The van der Waals surface area contributed by atoms with Crippen molar-refractivity contribution in [1.82, 2.24) is 0 Å². The first kappa shape index (κ1) is 15.7. The molecule has 0 aromatic heterocycles. The van der Waals surface area contributed by atoms with E-state index in [-0.39, 0.29) is 0 Å². The van der Waals surface area contributed by atoms with Gasteiger partial charge >= 0.3 is 0 Å². The highest BCUT2D eigenvalue weighted by molar-refractivity contribution is 5.48. The maximum Gasteiger partial charge on any atom is 0.119 e. The molecule has 0 bridgehead atoms. The van der Waals surface area contributed by atoms with Gasteiger partial charge in [0.1, 0.15) is 6.29 Å². The lowest BCUT2D eigenvalue weighted by molar-refractivity contribution is -0.107. The van der Waals surface area contributed by atoms with Gasteiger partial charge < -0.3 is 4.79 Å². The Morgan fingerprint density at radius 2 is 1.38 bits per heavy atom. The molecule has 1 atom stereocenters. The molecule has 1 nitrogen and oxygen atoms in total. The van der Waals surface area contributed by atoms with Crippen molar-refractivity contribution in [3.8, 4) is 0 Å². The van der Waals surface area contributed by atoms with E-state index in [1.54, 1.807) is 0 Å². The molecule has 0 amide bonds. The first-order valence-corrected chi connectivity index (χ1v) is 7.24. The van der Waals surface area contributed by atoms with Crippen LogP contribution in [0, 0.1) is 5.92 Å². The second-order valence-corrected chi connectivity index (χ2v) is 5.09. The Morgan fingerprint density at radius 3 is 1.88 bits per heavy atom. The molecule has 16 heavy (non-hydrogen) atoms. The van der Waals surface area contributed by atoms with E-state index in [0.717, 1.165) is 25.0 Å². The van der Waals surface area contributed by atoms with Gasteiger partial charge in [0.25, 0.3) is 0 Å². The lowest BCUT2D eigenvalue weighted by atomic mass is 9.99. The number of hydrogen-bond donors (Lipinski definition) is 0. The Hall–Kier alpha value is -0.330. The lowest BCUT2D eigenvalue weighted by Gasteiger charge is -2.07. The van der Waals surface area contributed by atoms with E-state index >= 15 is 0 Å². The van der Waals surface area contributed by atoms with Gasteiger partial charge in [-0.15, -0.1) is 0 Å². The summed E-state index contributed by atoms with van der Waals surface area (Å²) in [4.78, 5) is 10.1. The Bertz CT molecular complexity index is 142. The molecule has 0 aliphatic rings. The summed E-state index contributed by atoms with van der Waals surface area (Å²) in [5.41, 5.74) is 0. The van der Waals surface area contributed by atoms with Crippen LogP contribution in [-0.4, -0.2) is 6.29 Å². The lowest BCUT2D eigenvalue weighted by Crippen LogP contribution is -1.91. The van der Waals surface area contributed by atoms with Gasteiger partial charge in [0.2, 0.25) is 0 Å². The average molecular weight is 226 g/mol. The minimum atomic E-state index is 0.759. The van der Waals surface area contributed by atoms with E-state index in [1.807, 2.05) is 0 Å². The van der Waals surface area contributed by atoms with Crippen molar-refractivity contribution in [2.75, 3.05) is 0 Å². The molecule has 0 saturated heterocycles. The minimum absolute atomic E-state index is 0.759. The molecule has 96 valence electrons. The summed E-state index contributed by atoms with van der Waals surface area (Å²) in [5, 5.41) is 0. The summed E-state index contributed by atoms with van der Waals surface area (Å²) in [5.74, 6) is 0.920. The van der Waals surface area contributed by atoms with Crippen molar-refractivity contribution in [3.05, 3.63) is 0 Å². The maximum absolute atomic E-state index is 10.1. The normalized spacial score (nSPS) is 12.6. The van der Waals surface area contributed by atoms with Crippen LogP contribution in [0.5, 0.6) is 0 Å². The molecule has 0 saturated carbocycles. The predicted molar refractivity (Wildman–Crippen MR) is 71.7 cm³/mol. The van der Waals surface area contributed by atoms with E-state index in [1.165, 1.54) is 57.8 Å². The molecule has 0 spiro atoms. The molecule has 1 heteroatoms. The van der Waals surface area contributed by atoms with E-state index in [9.17, 15) is 4.79 Å². The number of carbonyl (C=O) groups is 1. The standard InChI is InChI=1S/C15H30O/c1-3-15(2)13-11-9-7-5-4-6-8-10-12-14-16/h14-15H,3-13H2,1-2H3. The van der Waals surface area contributed by atoms with Crippen LogP contribution in [0.4, 0.5) is 0 Å². The van der Waals surface area contributed by atoms with Gasteiger partial charge in [0, 0.05) is 6.42 Å². The van der Waals surface area contributed by atoms with Crippen LogP contribution in [0.15, 0.2) is 0 Å². The SMILES string of the molecule is CCC(C)CCCCCCCCCCC=O. The van der Waals surface area contributed by atoms with Crippen LogP contribution in [0.2, 0.25) is 0 Å². The van der Waals surface area contributed by atoms with Crippen LogP contribution in [0.25, 0.3) is 0 Å². The van der Waals surface area contributed by atoms with E-state index < -0.39 is 0 Å². The third-order valence-electron chi connectivity index (χ3n) is 3.47. The van der Waals surface area contributed by atoms with E-state index in [2.05, 4.69) is 13.8 Å². The molecule has 1 unspecified atom stereocenters. The molecule has 0 rings (SSSR count). The van der Waals surface area contributed by atoms with Gasteiger partial charge in [0.05, 0.1) is 0 Å². The van der Waals surface area contributed by atoms with E-state index in [4.69, 9.17) is 0 Å². The highest BCUT2D eigenvalue weighted by Gasteiger charge is 1.98. The summed E-state index contributed by atoms with van der Waals surface area (Å²) in [6, 6.07) is 0. The van der Waals surface area contributed by atoms with Crippen molar-refractivity contribution in [1.29, 1.82) is 0 Å². The molecule has 0 aromatic carbocycles. The van der Waals surface area contributed by atoms with Crippen LogP contribution in [0.3, 0.4) is 0 Å². The van der Waals surface area contributed by atoms with Gasteiger partial charge in [-0.05, 0) is 12.3 Å². The summed E-state index contributed by atoms with van der Waals surface area (Å²) >= 11 is 0. The predicted octanol–water partition coefficient (Wildman–Crippen LogP) is 5.13. The van der Waals surface area contributed by atoms with E-state index in [0.29, 0.717) is 0 Å². The fourth-order valence-electron chi connectivity index (χ4n) is 1.99. The zero-order chi connectivity index (χ0) is 12.1. The highest BCUT2D eigenvalue weighted by atomic mass is 16.1. The average Bonchev–Trinajstić information content (AvgIpc) is 2.31. The molecule has 0 N–H and O–H groups in total. The fourth-order valence-corrected chi connectivity index (χ4v) is 1.99. The van der Waals surface area contributed by atoms with Gasteiger partial charge in [-0.2, -0.15) is 0 Å². The number of carbonyl (C=O) groups excluding carboxylic acids is 1. The number of rotatable bonds is 12. The third-order valence-corrected chi connectivity index (χ3v) is 3.47. The molecule has 0 aliphatic carbocycles. The second kappa shape index (κ2) is 12.7. The first-order chi connectivity index (χ1) is 7.81. The third kappa shape index (κ3) is 11.7. The Balaban J connectivity index is 2.96. The molecule has 0 radical (unpaired) electrons. The number of unbranched alkanes of at least 4 members (excludes halogenated alkanes) is 8. The smallest absolute Gasteiger partial charge is 0.119 e. The quantitative estimate of drug-likeness (QED) is 0.333. The summed E-state index contributed by atoms with van der Waals surface area (Å²) in [6.07, 6.45) is 15.2. The van der Waals surface area contributed by atoms with Crippen molar-refractivity contribution >= 4 is 6.29 Å². The number of aldehydes is 1. The number of hydrogen-bond acceptors (Lipinski definition) is 1. The minimum Gasteiger partial charge on any atom is -0.303 e. The molecular formula is C15H30O. The second-order valence-electron chi connectivity index (χ2n) is 5.09. The first-order valence-electron chi connectivity index (χ1n) is 7.24. The van der Waals surface area contributed by atoms with Crippen molar-refractivity contribution in [3.63, 3.8) is 0 Å². The Kier molecular flexibility index (Phi) is 12.5. The zero-order valence-electron chi connectivity index (χ0n) is 11.3. The van der Waals surface area contributed by atoms with Gasteiger partial charge in [-0.25, -0.2) is 0 Å². The van der Waals surface area contributed by atoms with Crippen molar-refractivity contribution in [2.24, 2.45) is 5.92 Å². The fraction of sp³-hybridized carbons (Fsp3) is 0.933. The summed E-state index contributed by atoms with van der Waals surface area (Å²) < 4.78 is 0. The Labute approximate surface area is 102 Å². The molecule has 0 aliphatic heterocycles. The molecule has 0 heterocycles. The van der Waals surface area contributed by atoms with Crippen LogP contribution in [0.1, 0.15) is 84.5 Å². The maximum atomic E-state index is 10.1. The Morgan fingerprint density at radius 1 is 0.875 bits per heavy atom. The largest absolute Gasteiger partial charge is 0.303 e. The van der Waals surface area contributed by atoms with Crippen LogP contribution < -0.4 is 0 Å². The van der Waals surface area contributed by atoms with Gasteiger partial charge in [-0.3, -0.25) is 0 Å². The van der Waals surface area contributed by atoms with Crippen molar-refractivity contribution in [2.45, 2.75) is 84.5 Å². The van der Waals surface area contributed by atoms with Crippen molar-refractivity contribution < 1.29 is 4.79 Å². The van der Waals surface area contributed by atoms with Crippen LogP contribution >= 0.6 is 0 Å². The highest BCUT2D eigenvalue weighted by Crippen LogP contribution is 2.14. The van der Waals surface area contributed by atoms with Gasteiger partial charge in [-0.1, -0.05) is 71.6 Å². The molecule has 0 aromatic rings. The zero-order valence-corrected chi connectivity index (χ0v) is 11.3. The summed E-state index contributed by atoms with van der Waals surface area (Å²) in [7, 11) is 0.